The Morgan fingerprint density at radius 2 is 1.91 bits per heavy atom. The lowest BCUT2D eigenvalue weighted by molar-refractivity contribution is 0.0687. The summed E-state index contributed by atoms with van der Waals surface area (Å²) in [5, 5.41) is 20.8. The molecule has 1 aromatic carbocycles. The third-order valence-corrected chi connectivity index (χ3v) is 3.35. The Bertz CT molecular complexity index is 921. The highest BCUT2D eigenvalue weighted by molar-refractivity contribution is 5.87. The second kappa shape index (κ2) is 4.83. The van der Waals surface area contributed by atoms with Crippen molar-refractivity contribution in [1.29, 1.82) is 0 Å². The summed E-state index contributed by atoms with van der Waals surface area (Å²) in [6.07, 6.45) is 0. The first kappa shape index (κ1) is 14.1. The molecule has 8 heteroatoms. The SMILES string of the molecule is Cc1nn2c(C)c(C(=O)O)nnc2c1-c1ccc(F)c(F)c1. The molecule has 0 aliphatic rings. The zero-order valence-electron chi connectivity index (χ0n) is 11.6. The van der Waals surface area contributed by atoms with Gasteiger partial charge < -0.3 is 5.11 Å². The van der Waals surface area contributed by atoms with Gasteiger partial charge in [0.1, 0.15) is 0 Å². The molecule has 0 aliphatic heterocycles. The van der Waals surface area contributed by atoms with Crippen molar-refractivity contribution < 1.29 is 18.7 Å². The van der Waals surface area contributed by atoms with Crippen LogP contribution in [0.3, 0.4) is 0 Å². The number of hydrogen-bond acceptors (Lipinski definition) is 4. The molecular weight excluding hydrogens is 294 g/mol. The summed E-state index contributed by atoms with van der Waals surface area (Å²) >= 11 is 0. The van der Waals surface area contributed by atoms with Crippen LogP contribution in [0.2, 0.25) is 0 Å². The molecule has 0 amide bonds. The van der Waals surface area contributed by atoms with Crippen molar-refractivity contribution in [2.24, 2.45) is 0 Å². The maximum atomic E-state index is 13.4. The van der Waals surface area contributed by atoms with Crippen LogP contribution in [0.4, 0.5) is 8.78 Å². The van der Waals surface area contributed by atoms with E-state index in [1.54, 1.807) is 13.8 Å². The standard InChI is InChI=1S/C14H10F2N4O2/c1-6-11(8-3-4-9(15)10(16)5-8)13-18-17-12(14(21)22)7(2)20(13)19-6/h3-5H,1-2H3,(H,21,22). The van der Waals surface area contributed by atoms with Crippen LogP contribution in [0.5, 0.6) is 0 Å². The molecule has 112 valence electrons. The van der Waals surface area contributed by atoms with E-state index in [-0.39, 0.29) is 11.3 Å². The van der Waals surface area contributed by atoms with Crippen LogP contribution in [0.1, 0.15) is 21.9 Å². The quantitative estimate of drug-likeness (QED) is 0.786. The number of fused-ring (bicyclic) bond motifs is 1. The molecule has 0 saturated heterocycles. The van der Waals surface area contributed by atoms with Gasteiger partial charge in [-0.05, 0) is 31.5 Å². The van der Waals surface area contributed by atoms with E-state index in [0.29, 0.717) is 22.5 Å². The minimum absolute atomic E-state index is 0.216. The van der Waals surface area contributed by atoms with E-state index in [4.69, 9.17) is 5.11 Å². The molecule has 0 aliphatic carbocycles. The normalized spacial score (nSPS) is 11.1. The molecule has 0 spiro atoms. The highest BCUT2D eigenvalue weighted by atomic mass is 19.2. The number of carbonyl (C=O) groups is 1. The summed E-state index contributed by atoms with van der Waals surface area (Å²) in [6.45, 7) is 3.22. The summed E-state index contributed by atoms with van der Waals surface area (Å²) in [7, 11) is 0. The van der Waals surface area contributed by atoms with E-state index in [1.807, 2.05) is 0 Å². The summed E-state index contributed by atoms with van der Waals surface area (Å²) < 4.78 is 27.8. The maximum Gasteiger partial charge on any atom is 0.358 e. The Balaban J connectivity index is 2.31. The van der Waals surface area contributed by atoms with Crippen molar-refractivity contribution in [1.82, 2.24) is 19.8 Å². The Morgan fingerprint density at radius 3 is 2.55 bits per heavy atom. The minimum Gasteiger partial charge on any atom is -0.476 e. The van der Waals surface area contributed by atoms with E-state index >= 15 is 0 Å². The monoisotopic (exact) mass is 304 g/mol. The number of carboxylic acid groups (broad SMARTS) is 1. The van der Waals surface area contributed by atoms with Crippen molar-refractivity contribution in [2.75, 3.05) is 0 Å². The van der Waals surface area contributed by atoms with Crippen molar-refractivity contribution in [3.05, 3.63) is 46.9 Å². The smallest absolute Gasteiger partial charge is 0.358 e. The fourth-order valence-electron chi connectivity index (χ4n) is 2.30. The van der Waals surface area contributed by atoms with Crippen molar-refractivity contribution in [3.63, 3.8) is 0 Å². The number of benzene rings is 1. The minimum atomic E-state index is -1.21. The zero-order chi connectivity index (χ0) is 16.0. The number of rotatable bonds is 2. The van der Waals surface area contributed by atoms with Crippen LogP contribution in [0, 0.1) is 25.5 Å². The lowest BCUT2D eigenvalue weighted by atomic mass is 10.1. The van der Waals surface area contributed by atoms with Gasteiger partial charge in [0.15, 0.2) is 23.0 Å². The number of aromatic carboxylic acids is 1. The van der Waals surface area contributed by atoms with Crippen molar-refractivity contribution in [2.45, 2.75) is 13.8 Å². The molecular formula is C14H10F2N4O2. The average Bonchev–Trinajstić information content (AvgIpc) is 2.79. The first-order valence-corrected chi connectivity index (χ1v) is 6.31. The second-order valence-electron chi connectivity index (χ2n) is 4.76. The predicted molar refractivity (Wildman–Crippen MR) is 72.6 cm³/mol. The number of carboxylic acids is 1. The van der Waals surface area contributed by atoms with Gasteiger partial charge >= 0.3 is 5.97 Å². The number of aryl methyl sites for hydroxylation is 2. The van der Waals surface area contributed by atoms with Gasteiger partial charge in [-0.1, -0.05) is 6.07 Å². The fourth-order valence-corrected chi connectivity index (χ4v) is 2.30. The molecule has 1 N–H and O–H groups in total. The van der Waals surface area contributed by atoms with Gasteiger partial charge in [-0.25, -0.2) is 18.1 Å². The van der Waals surface area contributed by atoms with E-state index in [2.05, 4.69) is 15.3 Å². The van der Waals surface area contributed by atoms with Crippen LogP contribution in [-0.2, 0) is 0 Å². The first-order valence-electron chi connectivity index (χ1n) is 6.31. The Kier molecular flexibility index (Phi) is 3.09. The number of hydrogen-bond donors (Lipinski definition) is 1. The number of nitrogens with zero attached hydrogens (tertiary/aromatic N) is 4. The van der Waals surface area contributed by atoms with E-state index in [9.17, 15) is 13.6 Å². The highest BCUT2D eigenvalue weighted by Gasteiger charge is 2.20. The van der Waals surface area contributed by atoms with Crippen molar-refractivity contribution >= 4 is 11.6 Å². The molecule has 6 nitrogen and oxygen atoms in total. The molecule has 0 fully saturated rings. The molecule has 0 radical (unpaired) electrons. The van der Waals surface area contributed by atoms with E-state index in [1.165, 1.54) is 10.6 Å². The molecule has 2 heterocycles. The zero-order valence-corrected chi connectivity index (χ0v) is 11.6. The Hall–Kier alpha value is -2.90. The molecule has 22 heavy (non-hydrogen) atoms. The predicted octanol–water partition coefficient (Wildman–Crippen LogP) is 2.38. The second-order valence-corrected chi connectivity index (χ2v) is 4.76. The highest BCUT2D eigenvalue weighted by Crippen LogP contribution is 2.28. The van der Waals surface area contributed by atoms with Gasteiger partial charge in [-0.3, -0.25) is 0 Å². The third kappa shape index (κ3) is 2.00. The molecule has 3 aromatic rings. The van der Waals surface area contributed by atoms with Crippen LogP contribution in [-0.4, -0.2) is 30.9 Å². The maximum absolute atomic E-state index is 13.4. The summed E-state index contributed by atoms with van der Waals surface area (Å²) in [4.78, 5) is 11.1. The number of aromatic nitrogens is 4. The summed E-state index contributed by atoms with van der Waals surface area (Å²) in [5.41, 5.74) is 1.74. The van der Waals surface area contributed by atoms with E-state index < -0.39 is 17.6 Å². The van der Waals surface area contributed by atoms with Gasteiger partial charge in [0.25, 0.3) is 0 Å². The van der Waals surface area contributed by atoms with E-state index in [0.717, 1.165) is 12.1 Å². The summed E-state index contributed by atoms with van der Waals surface area (Å²) in [6, 6.07) is 3.46. The molecule has 0 saturated carbocycles. The fraction of sp³-hybridized carbons (Fsp3) is 0.143. The molecule has 0 atom stereocenters. The van der Waals surface area contributed by atoms with Crippen LogP contribution >= 0.6 is 0 Å². The van der Waals surface area contributed by atoms with Crippen LogP contribution in [0.25, 0.3) is 16.8 Å². The van der Waals surface area contributed by atoms with Crippen molar-refractivity contribution in [3.8, 4) is 11.1 Å². The van der Waals surface area contributed by atoms with Gasteiger partial charge in [0.05, 0.1) is 17.0 Å². The third-order valence-electron chi connectivity index (χ3n) is 3.35. The largest absolute Gasteiger partial charge is 0.476 e. The molecule has 3 rings (SSSR count). The average molecular weight is 304 g/mol. The topological polar surface area (TPSA) is 80.4 Å². The Morgan fingerprint density at radius 1 is 1.18 bits per heavy atom. The van der Waals surface area contributed by atoms with Gasteiger partial charge in [0.2, 0.25) is 0 Å². The van der Waals surface area contributed by atoms with Gasteiger partial charge in [-0.2, -0.15) is 5.10 Å². The van der Waals surface area contributed by atoms with Crippen LogP contribution < -0.4 is 0 Å². The lowest BCUT2D eigenvalue weighted by Crippen LogP contribution is -2.10. The number of halogens is 2. The summed E-state index contributed by atoms with van der Waals surface area (Å²) in [5.74, 6) is -3.15. The van der Waals surface area contributed by atoms with Gasteiger partial charge in [0, 0.05) is 0 Å². The van der Waals surface area contributed by atoms with Gasteiger partial charge in [-0.15, -0.1) is 10.2 Å². The lowest BCUT2D eigenvalue weighted by Gasteiger charge is -2.03. The first-order chi connectivity index (χ1) is 10.4. The molecule has 0 unspecified atom stereocenters. The Labute approximate surface area is 123 Å². The van der Waals surface area contributed by atoms with Crippen LogP contribution in [0.15, 0.2) is 18.2 Å². The molecule has 2 aromatic heterocycles. The molecule has 0 bridgehead atoms.